The maximum absolute atomic E-state index is 12.6. The Labute approximate surface area is 146 Å². The Bertz CT molecular complexity index is 994. The molecule has 1 amide bonds. The third kappa shape index (κ3) is 3.44. The molecule has 120 valence electrons. The normalized spacial score (nSPS) is 11.1. The SMILES string of the molecule is Cc1nc2ccc(Br)cc2c(=O)n1NC(=O)/C=C/c1ccccc1. The minimum Gasteiger partial charge on any atom is -0.268 e. The third-order valence-electron chi connectivity index (χ3n) is 3.45. The Kier molecular flexibility index (Phi) is 4.57. The summed E-state index contributed by atoms with van der Waals surface area (Å²) in [5, 5.41) is 0.433. The first-order valence-electron chi connectivity index (χ1n) is 7.27. The number of nitrogens with one attached hydrogen (secondary N) is 1. The summed E-state index contributed by atoms with van der Waals surface area (Å²) in [6.07, 6.45) is 3.06. The van der Waals surface area contributed by atoms with Crippen molar-refractivity contribution in [2.45, 2.75) is 6.92 Å². The minimum absolute atomic E-state index is 0.319. The lowest BCUT2D eigenvalue weighted by Crippen LogP contribution is -2.34. The topological polar surface area (TPSA) is 64.0 Å². The highest BCUT2D eigenvalue weighted by Gasteiger charge is 2.10. The van der Waals surface area contributed by atoms with Crippen LogP contribution in [0, 0.1) is 6.92 Å². The lowest BCUT2D eigenvalue weighted by atomic mass is 10.2. The van der Waals surface area contributed by atoms with Gasteiger partial charge in [-0.05, 0) is 36.8 Å². The highest BCUT2D eigenvalue weighted by atomic mass is 79.9. The van der Waals surface area contributed by atoms with Crippen LogP contribution in [0.5, 0.6) is 0 Å². The van der Waals surface area contributed by atoms with Gasteiger partial charge in [-0.3, -0.25) is 15.0 Å². The molecule has 1 N–H and O–H groups in total. The van der Waals surface area contributed by atoms with Crippen molar-refractivity contribution in [3.63, 3.8) is 0 Å². The summed E-state index contributed by atoms with van der Waals surface area (Å²) in [5.74, 6) is 0.0106. The van der Waals surface area contributed by atoms with Crippen molar-refractivity contribution >= 4 is 38.8 Å². The molecule has 0 bridgehead atoms. The van der Waals surface area contributed by atoms with E-state index in [2.05, 4.69) is 26.3 Å². The van der Waals surface area contributed by atoms with Crippen LogP contribution in [0.15, 0.2) is 63.9 Å². The van der Waals surface area contributed by atoms with Gasteiger partial charge in [0.05, 0.1) is 10.9 Å². The molecule has 0 unspecified atom stereocenters. The van der Waals surface area contributed by atoms with E-state index < -0.39 is 5.91 Å². The Balaban J connectivity index is 1.91. The van der Waals surface area contributed by atoms with Crippen molar-refractivity contribution in [2.24, 2.45) is 0 Å². The molecule has 0 aliphatic rings. The van der Waals surface area contributed by atoms with Crippen molar-refractivity contribution < 1.29 is 4.79 Å². The molecule has 2 aromatic carbocycles. The Morgan fingerprint density at radius 3 is 2.71 bits per heavy atom. The summed E-state index contributed by atoms with van der Waals surface area (Å²) >= 11 is 3.34. The number of halogens is 1. The zero-order chi connectivity index (χ0) is 17.1. The van der Waals surface area contributed by atoms with Crippen molar-refractivity contribution in [1.29, 1.82) is 0 Å². The highest BCUT2D eigenvalue weighted by Crippen LogP contribution is 2.15. The minimum atomic E-state index is -0.403. The average molecular weight is 384 g/mol. The molecule has 0 aliphatic heterocycles. The van der Waals surface area contributed by atoms with E-state index >= 15 is 0 Å². The van der Waals surface area contributed by atoms with Crippen molar-refractivity contribution in [3.8, 4) is 0 Å². The van der Waals surface area contributed by atoms with Crippen molar-refractivity contribution in [2.75, 3.05) is 5.43 Å². The molecule has 0 fully saturated rings. The van der Waals surface area contributed by atoms with Crippen LogP contribution in [0.25, 0.3) is 17.0 Å². The van der Waals surface area contributed by atoms with Gasteiger partial charge in [0.1, 0.15) is 5.82 Å². The molecule has 0 radical (unpaired) electrons. The smallest absolute Gasteiger partial charge is 0.268 e. The zero-order valence-electron chi connectivity index (χ0n) is 12.9. The predicted molar refractivity (Wildman–Crippen MR) is 98.3 cm³/mol. The van der Waals surface area contributed by atoms with Gasteiger partial charge in [-0.15, -0.1) is 0 Å². The fourth-order valence-electron chi connectivity index (χ4n) is 2.28. The molecule has 6 heteroatoms. The van der Waals surface area contributed by atoms with E-state index in [-0.39, 0.29) is 5.56 Å². The molecule has 0 aliphatic carbocycles. The number of nitrogens with zero attached hydrogens (tertiary/aromatic N) is 2. The van der Waals surface area contributed by atoms with Gasteiger partial charge in [0.15, 0.2) is 0 Å². The van der Waals surface area contributed by atoms with E-state index in [1.807, 2.05) is 36.4 Å². The number of fused-ring (bicyclic) bond motifs is 1. The van der Waals surface area contributed by atoms with Gasteiger partial charge in [-0.2, -0.15) is 0 Å². The second-order valence-corrected chi connectivity index (χ2v) is 6.10. The average Bonchev–Trinajstić information content (AvgIpc) is 2.58. The van der Waals surface area contributed by atoms with Gasteiger partial charge in [0, 0.05) is 10.5 Å². The van der Waals surface area contributed by atoms with Crippen LogP contribution in [0.2, 0.25) is 0 Å². The second-order valence-electron chi connectivity index (χ2n) is 5.18. The number of amides is 1. The van der Waals surface area contributed by atoms with E-state index in [1.54, 1.807) is 25.1 Å². The number of hydrogen-bond acceptors (Lipinski definition) is 3. The quantitative estimate of drug-likeness (QED) is 0.706. The van der Waals surface area contributed by atoms with Crippen LogP contribution in [0.4, 0.5) is 0 Å². The van der Waals surface area contributed by atoms with Gasteiger partial charge in [-0.25, -0.2) is 9.66 Å². The molecule has 3 rings (SSSR count). The van der Waals surface area contributed by atoms with E-state index in [0.29, 0.717) is 16.7 Å². The Hall–Kier alpha value is -2.73. The number of rotatable bonds is 3. The number of carbonyl (C=O) groups is 1. The molecular weight excluding hydrogens is 370 g/mol. The monoisotopic (exact) mass is 383 g/mol. The maximum Gasteiger partial charge on any atom is 0.280 e. The van der Waals surface area contributed by atoms with Crippen LogP contribution in [0.1, 0.15) is 11.4 Å². The van der Waals surface area contributed by atoms with Crippen LogP contribution >= 0.6 is 15.9 Å². The fraction of sp³-hybridized carbons (Fsp3) is 0.0556. The highest BCUT2D eigenvalue weighted by molar-refractivity contribution is 9.10. The van der Waals surface area contributed by atoms with E-state index in [0.717, 1.165) is 14.7 Å². The molecule has 5 nitrogen and oxygen atoms in total. The molecule has 24 heavy (non-hydrogen) atoms. The lowest BCUT2D eigenvalue weighted by molar-refractivity contribution is -0.112. The van der Waals surface area contributed by atoms with Gasteiger partial charge >= 0.3 is 0 Å². The number of benzene rings is 2. The summed E-state index contributed by atoms with van der Waals surface area (Å²) in [4.78, 5) is 29.0. The van der Waals surface area contributed by atoms with Crippen molar-refractivity contribution in [1.82, 2.24) is 9.66 Å². The van der Waals surface area contributed by atoms with E-state index in [1.165, 1.54) is 6.08 Å². The molecule has 0 saturated carbocycles. The van der Waals surface area contributed by atoms with Crippen molar-refractivity contribution in [3.05, 3.63) is 80.8 Å². The van der Waals surface area contributed by atoms with E-state index in [9.17, 15) is 9.59 Å². The Morgan fingerprint density at radius 2 is 1.96 bits per heavy atom. The first-order valence-corrected chi connectivity index (χ1v) is 8.07. The molecule has 1 heterocycles. The van der Waals surface area contributed by atoms with Gasteiger partial charge in [-0.1, -0.05) is 46.3 Å². The lowest BCUT2D eigenvalue weighted by Gasteiger charge is -2.10. The van der Waals surface area contributed by atoms with Crippen LogP contribution in [-0.4, -0.2) is 15.6 Å². The number of aryl methyl sites for hydroxylation is 1. The molecule has 0 spiro atoms. The molecule has 3 aromatic rings. The molecule has 1 aromatic heterocycles. The number of hydrogen-bond donors (Lipinski definition) is 1. The largest absolute Gasteiger partial charge is 0.280 e. The van der Waals surface area contributed by atoms with Gasteiger partial charge in [0.25, 0.3) is 11.5 Å². The van der Waals surface area contributed by atoms with Crippen LogP contribution < -0.4 is 11.0 Å². The van der Waals surface area contributed by atoms with Crippen LogP contribution in [-0.2, 0) is 4.79 Å². The fourth-order valence-corrected chi connectivity index (χ4v) is 2.65. The second kappa shape index (κ2) is 6.80. The van der Waals surface area contributed by atoms with Crippen LogP contribution in [0.3, 0.4) is 0 Å². The number of aromatic nitrogens is 2. The molecular formula is C18H14BrN3O2. The summed E-state index contributed by atoms with van der Waals surface area (Å²) in [6, 6.07) is 14.7. The van der Waals surface area contributed by atoms with Gasteiger partial charge < -0.3 is 0 Å². The van der Waals surface area contributed by atoms with Gasteiger partial charge in [0.2, 0.25) is 0 Å². The first-order chi connectivity index (χ1) is 11.5. The molecule has 0 atom stereocenters. The third-order valence-corrected chi connectivity index (χ3v) is 3.94. The summed E-state index contributed by atoms with van der Waals surface area (Å²) in [5.41, 5.74) is 3.73. The maximum atomic E-state index is 12.6. The summed E-state index contributed by atoms with van der Waals surface area (Å²) < 4.78 is 1.94. The summed E-state index contributed by atoms with van der Waals surface area (Å²) in [6.45, 7) is 1.67. The zero-order valence-corrected chi connectivity index (χ0v) is 14.4. The summed E-state index contributed by atoms with van der Waals surface area (Å²) in [7, 11) is 0. The first kappa shape index (κ1) is 16.1. The molecule has 0 saturated heterocycles. The predicted octanol–water partition coefficient (Wildman–Crippen LogP) is 3.25. The van der Waals surface area contributed by atoms with E-state index in [4.69, 9.17) is 0 Å². The number of carbonyl (C=O) groups excluding carboxylic acids is 1. The standard InChI is InChI=1S/C18H14BrN3O2/c1-12-20-16-9-8-14(19)11-15(16)18(24)22(12)21-17(23)10-7-13-5-3-2-4-6-13/h2-11H,1H3,(H,21,23)/b10-7+. The Morgan fingerprint density at radius 1 is 1.21 bits per heavy atom.